The molecule has 1 aliphatic heterocycles. The molecule has 32 heavy (non-hydrogen) atoms. The van der Waals surface area contributed by atoms with Gasteiger partial charge in [0.15, 0.2) is 11.8 Å². The maximum absolute atomic E-state index is 14.0. The van der Waals surface area contributed by atoms with Crippen LogP contribution in [0.15, 0.2) is 36.5 Å². The molecule has 0 saturated heterocycles. The number of ether oxygens (including phenoxy) is 1. The van der Waals surface area contributed by atoms with Crippen LogP contribution in [-0.2, 0) is 4.79 Å². The minimum atomic E-state index is -0.762. The number of carbonyl (C=O) groups is 2. The minimum Gasteiger partial charge on any atom is -0.476 e. The Kier molecular flexibility index (Phi) is 4.87. The van der Waals surface area contributed by atoms with E-state index in [-0.39, 0.29) is 24.4 Å². The summed E-state index contributed by atoms with van der Waals surface area (Å²) in [4.78, 5) is 34.7. The van der Waals surface area contributed by atoms with Crippen LogP contribution in [0.1, 0.15) is 54.7 Å². The van der Waals surface area contributed by atoms with Crippen molar-refractivity contribution in [3.05, 3.63) is 47.8 Å². The number of rotatable bonds is 4. The molecule has 0 spiro atoms. The Bertz CT molecular complexity index is 1210. The van der Waals surface area contributed by atoms with Crippen LogP contribution < -0.4 is 9.64 Å². The van der Waals surface area contributed by atoms with E-state index in [1.807, 2.05) is 28.9 Å². The highest BCUT2D eigenvalue weighted by atomic mass is 16.5. The van der Waals surface area contributed by atoms with Gasteiger partial charge in [-0.3, -0.25) is 9.59 Å². The Morgan fingerprint density at radius 2 is 1.94 bits per heavy atom. The highest BCUT2D eigenvalue weighted by Gasteiger charge is 2.36. The molecule has 1 fully saturated rings. The van der Waals surface area contributed by atoms with Crippen LogP contribution in [0, 0.1) is 0 Å². The maximum atomic E-state index is 14.0. The van der Waals surface area contributed by atoms with E-state index in [9.17, 15) is 9.59 Å². The molecule has 8 heteroatoms. The normalized spacial score (nSPS) is 17.9. The second kappa shape index (κ2) is 7.62. The third-order valence-corrected chi connectivity index (χ3v) is 6.04. The van der Waals surface area contributed by atoms with Crippen LogP contribution in [0.3, 0.4) is 0 Å². The first-order valence-electron chi connectivity index (χ1n) is 11.0. The molecule has 3 heterocycles. The highest BCUT2D eigenvalue weighted by Crippen LogP contribution is 2.41. The summed E-state index contributed by atoms with van der Waals surface area (Å²) in [5.41, 5.74) is 2.90. The zero-order valence-corrected chi connectivity index (χ0v) is 18.8. The van der Waals surface area contributed by atoms with Gasteiger partial charge in [0.25, 0.3) is 11.8 Å². The molecule has 0 radical (unpaired) electrons. The van der Waals surface area contributed by atoms with E-state index in [0.29, 0.717) is 22.9 Å². The third kappa shape index (κ3) is 3.39. The van der Waals surface area contributed by atoms with Gasteiger partial charge < -0.3 is 14.5 Å². The molecule has 1 aromatic carbocycles. The van der Waals surface area contributed by atoms with Gasteiger partial charge in [0.05, 0.1) is 29.4 Å². The summed E-state index contributed by atoms with van der Waals surface area (Å²) >= 11 is 0. The van der Waals surface area contributed by atoms with Crippen molar-refractivity contribution in [3.8, 4) is 5.75 Å². The van der Waals surface area contributed by atoms with Gasteiger partial charge in [0, 0.05) is 31.7 Å². The Hall–Kier alpha value is -3.42. The SMILES string of the molecule is CC(C)n1ncc2c(C(=O)N3C[C@@H](C(=O)N(C)C)Oc4ccccc43)cc(C3CC3)nc21. The Morgan fingerprint density at radius 1 is 1.19 bits per heavy atom. The summed E-state index contributed by atoms with van der Waals surface area (Å²) in [6.07, 6.45) is 3.13. The molecule has 1 saturated carbocycles. The van der Waals surface area contributed by atoms with Crippen molar-refractivity contribution >= 4 is 28.5 Å². The van der Waals surface area contributed by atoms with Crippen LogP contribution in [0.25, 0.3) is 11.0 Å². The lowest BCUT2D eigenvalue weighted by Crippen LogP contribution is -2.50. The number of likely N-dealkylation sites (N-methyl/N-ethyl adjacent to an activating group) is 1. The number of fused-ring (bicyclic) bond motifs is 2. The number of pyridine rings is 1. The average molecular weight is 434 g/mol. The van der Waals surface area contributed by atoms with E-state index < -0.39 is 6.10 Å². The average Bonchev–Trinajstić information content (AvgIpc) is 3.55. The number of nitrogens with zero attached hydrogens (tertiary/aromatic N) is 5. The van der Waals surface area contributed by atoms with Crippen molar-refractivity contribution < 1.29 is 14.3 Å². The fraction of sp³-hybridized carbons (Fsp3) is 0.417. The van der Waals surface area contributed by atoms with Crippen molar-refractivity contribution in [2.75, 3.05) is 25.5 Å². The molecule has 0 N–H and O–H groups in total. The van der Waals surface area contributed by atoms with Crippen molar-refractivity contribution in [2.45, 2.75) is 44.8 Å². The van der Waals surface area contributed by atoms with E-state index in [2.05, 4.69) is 18.9 Å². The van der Waals surface area contributed by atoms with Gasteiger partial charge in [-0.2, -0.15) is 5.10 Å². The fourth-order valence-corrected chi connectivity index (χ4v) is 4.17. The Morgan fingerprint density at radius 3 is 2.62 bits per heavy atom. The van der Waals surface area contributed by atoms with E-state index in [4.69, 9.17) is 9.72 Å². The third-order valence-electron chi connectivity index (χ3n) is 6.04. The molecule has 1 aliphatic carbocycles. The standard InChI is InChI=1S/C24H27N5O3/c1-14(2)29-22-17(12-25-29)16(11-18(26-22)15-9-10-15)23(30)28-13-21(24(31)27(3)4)32-20-8-6-5-7-19(20)28/h5-8,11-12,14-15,21H,9-10,13H2,1-4H3/t21-/m0/s1. The molecular formula is C24H27N5O3. The van der Waals surface area contributed by atoms with Gasteiger partial charge in [-0.1, -0.05) is 12.1 Å². The van der Waals surface area contributed by atoms with Gasteiger partial charge in [-0.25, -0.2) is 9.67 Å². The van der Waals surface area contributed by atoms with Gasteiger partial charge in [0.2, 0.25) is 0 Å². The minimum absolute atomic E-state index is 0.128. The lowest BCUT2D eigenvalue weighted by molar-refractivity contribution is -0.135. The molecule has 2 aromatic heterocycles. The number of carbonyl (C=O) groups excluding carboxylic acids is 2. The monoisotopic (exact) mass is 433 g/mol. The molecule has 3 aromatic rings. The first-order valence-corrected chi connectivity index (χ1v) is 11.0. The van der Waals surface area contributed by atoms with Crippen LogP contribution in [0.4, 0.5) is 5.69 Å². The summed E-state index contributed by atoms with van der Waals surface area (Å²) < 4.78 is 7.82. The van der Waals surface area contributed by atoms with Gasteiger partial charge in [-0.15, -0.1) is 0 Å². The highest BCUT2D eigenvalue weighted by molar-refractivity contribution is 6.14. The van der Waals surface area contributed by atoms with Crippen LogP contribution in [0.2, 0.25) is 0 Å². The quantitative estimate of drug-likeness (QED) is 0.630. The smallest absolute Gasteiger partial charge is 0.265 e. The van der Waals surface area contributed by atoms with E-state index in [1.165, 1.54) is 4.90 Å². The number of hydrogen-bond donors (Lipinski definition) is 0. The molecule has 8 nitrogen and oxygen atoms in total. The van der Waals surface area contributed by atoms with Crippen LogP contribution in [-0.4, -0.2) is 58.2 Å². The van der Waals surface area contributed by atoms with E-state index >= 15 is 0 Å². The predicted octanol–water partition coefficient (Wildman–Crippen LogP) is 3.39. The number of benzene rings is 1. The number of anilines is 1. The molecule has 0 unspecified atom stereocenters. The molecular weight excluding hydrogens is 406 g/mol. The molecule has 5 rings (SSSR count). The molecule has 2 aliphatic rings. The second-order valence-corrected chi connectivity index (χ2v) is 9.01. The Balaban J connectivity index is 1.62. The number of amides is 2. The Labute approximate surface area is 186 Å². The first kappa shape index (κ1) is 20.5. The van der Waals surface area contributed by atoms with Crippen LogP contribution in [0.5, 0.6) is 5.75 Å². The van der Waals surface area contributed by atoms with E-state index in [1.54, 1.807) is 31.3 Å². The topological polar surface area (TPSA) is 80.6 Å². The molecule has 0 bridgehead atoms. The lowest BCUT2D eigenvalue weighted by atomic mass is 10.1. The molecule has 1 atom stereocenters. The first-order chi connectivity index (χ1) is 15.3. The summed E-state index contributed by atoms with van der Waals surface area (Å²) in [5.74, 6) is 0.567. The summed E-state index contributed by atoms with van der Waals surface area (Å²) in [6.45, 7) is 4.25. The molecule has 2 amide bonds. The van der Waals surface area contributed by atoms with Crippen molar-refractivity contribution in [3.63, 3.8) is 0 Å². The van der Waals surface area contributed by atoms with Crippen molar-refractivity contribution in [1.29, 1.82) is 0 Å². The van der Waals surface area contributed by atoms with Crippen LogP contribution >= 0.6 is 0 Å². The zero-order valence-electron chi connectivity index (χ0n) is 18.8. The number of para-hydroxylation sites is 2. The number of aromatic nitrogens is 3. The largest absolute Gasteiger partial charge is 0.476 e. The number of hydrogen-bond acceptors (Lipinski definition) is 5. The van der Waals surface area contributed by atoms with E-state index in [0.717, 1.165) is 29.6 Å². The van der Waals surface area contributed by atoms with Gasteiger partial charge in [-0.05, 0) is 44.9 Å². The lowest BCUT2D eigenvalue weighted by Gasteiger charge is -2.35. The molecule has 166 valence electrons. The second-order valence-electron chi connectivity index (χ2n) is 9.01. The predicted molar refractivity (Wildman–Crippen MR) is 121 cm³/mol. The maximum Gasteiger partial charge on any atom is 0.265 e. The van der Waals surface area contributed by atoms with Crippen molar-refractivity contribution in [1.82, 2.24) is 19.7 Å². The van der Waals surface area contributed by atoms with Gasteiger partial charge >= 0.3 is 0 Å². The fourth-order valence-electron chi connectivity index (χ4n) is 4.17. The summed E-state index contributed by atoms with van der Waals surface area (Å²) in [7, 11) is 3.37. The van der Waals surface area contributed by atoms with Gasteiger partial charge in [0.1, 0.15) is 5.75 Å². The summed E-state index contributed by atoms with van der Waals surface area (Å²) in [6, 6.07) is 9.39. The van der Waals surface area contributed by atoms with Crippen molar-refractivity contribution in [2.24, 2.45) is 0 Å². The summed E-state index contributed by atoms with van der Waals surface area (Å²) in [5, 5.41) is 5.24. The zero-order chi connectivity index (χ0) is 22.6.